The van der Waals surface area contributed by atoms with Gasteiger partial charge in [-0.1, -0.05) is 48.5 Å². The summed E-state index contributed by atoms with van der Waals surface area (Å²) in [7, 11) is 0. The van der Waals surface area contributed by atoms with Crippen molar-refractivity contribution in [3.63, 3.8) is 0 Å². The molecule has 4 aromatic rings. The number of hydrogen-bond donors (Lipinski definition) is 2. The molecule has 9 nitrogen and oxygen atoms in total. The van der Waals surface area contributed by atoms with Gasteiger partial charge in [-0.25, -0.2) is 0 Å². The highest BCUT2D eigenvalue weighted by atomic mass is 16.5. The van der Waals surface area contributed by atoms with Crippen molar-refractivity contribution in [2.75, 3.05) is 65.6 Å². The van der Waals surface area contributed by atoms with Crippen LogP contribution in [0.4, 0.5) is 0 Å². The minimum Gasteiger partial charge on any atom is -0.379 e. The number of nitrogens with one attached hydrogen (secondary N) is 2. The predicted molar refractivity (Wildman–Crippen MR) is 182 cm³/mol. The van der Waals surface area contributed by atoms with E-state index in [0.29, 0.717) is 13.2 Å². The fourth-order valence-electron chi connectivity index (χ4n) is 9.02. The van der Waals surface area contributed by atoms with Gasteiger partial charge in [0.15, 0.2) is 0 Å². The predicted octanol–water partition coefficient (Wildman–Crippen LogP) is 2.60. The molecule has 4 atom stereocenters. The largest absolute Gasteiger partial charge is 0.379 e. The van der Waals surface area contributed by atoms with Crippen molar-refractivity contribution in [3.8, 4) is 0 Å². The Balaban J connectivity index is 1.20. The summed E-state index contributed by atoms with van der Waals surface area (Å²) >= 11 is 0. The topological polar surface area (TPSA) is 91.3 Å². The first-order chi connectivity index (χ1) is 23.3. The Morgan fingerprint density at radius 1 is 0.596 bits per heavy atom. The van der Waals surface area contributed by atoms with Gasteiger partial charge in [0.1, 0.15) is 0 Å². The summed E-state index contributed by atoms with van der Waals surface area (Å²) in [5.74, 6) is 0. The Kier molecular flexibility index (Phi) is 8.82. The van der Waals surface area contributed by atoms with E-state index in [4.69, 9.17) is 14.7 Å². The maximum Gasteiger partial charge on any atom is 0.0690 e. The molecule has 0 amide bonds. The van der Waals surface area contributed by atoms with Gasteiger partial charge in [-0.15, -0.1) is 0 Å². The van der Waals surface area contributed by atoms with Gasteiger partial charge in [-0.2, -0.15) is 0 Å². The molecule has 2 aliphatic heterocycles. The lowest BCUT2D eigenvalue weighted by Crippen LogP contribution is -2.63. The van der Waals surface area contributed by atoms with Gasteiger partial charge in [-0.05, 0) is 47.9 Å². The summed E-state index contributed by atoms with van der Waals surface area (Å²) in [5, 5.41) is 7.14. The zero-order valence-corrected chi connectivity index (χ0v) is 27.2. The number of hydrogen-bond acceptors (Lipinski definition) is 9. The van der Waals surface area contributed by atoms with Crippen LogP contribution in [0.15, 0.2) is 85.7 Å². The van der Waals surface area contributed by atoms with Crippen molar-refractivity contribution in [3.05, 3.63) is 119 Å². The molecule has 0 saturated carbocycles. The minimum absolute atomic E-state index is 0.250. The number of nitrogens with zero attached hydrogens (tertiary/aromatic N) is 6. The molecule has 2 fully saturated rings. The van der Waals surface area contributed by atoms with E-state index in [1.165, 1.54) is 22.3 Å². The molecular weight excluding hydrogens is 584 g/mol. The molecule has 244 valence electrons. The Morgan fingerprint density at radius 2 is 1.02 bits per heavy atom. The van der Waals surface area contributed by atoms with Gasteiger partial charge in [0.05, 0.1) is 35.4 Å². The van der Waals surface area contributed by atoms with E-state index in [1.54, 1.807) is 12.4 Å². The lowest BCUT2D eigenvalue weighted by molar-refractivity contribution is -0.0286. The normalized spacial score (nSPS) is 28.3. The third-order valence-corrected chi connectivity index (χ3v) is 11.4. The second-order valence-corrected chi connectivity index (χ2v) is 13.9. The molecular formula is C38H46N8O. The van der Waals surface area contributed by atoms with E-state index in [-0.39, 0.29) is 22.9 Å². The van der Waals surface area contributed by atoms with Crippen molar-refractivity contribution in [2.24, 2.45) is 0 Å². The number of aromatic nitrogens is 4. The maximum absolute atomic E-state index is 7.28. The van der Waals surface area contributed by atoms with Gasteiger partial charge >= 0.3 is 0 Å². The van der Waals surface area contributed by atoms with Crippen LogP contribution in [0.3, 0.4) is 0 Å². The molecule has 0 bridgehead atoms. The second kappa shape index (κ2) is 13.5. The van der Waals surface area contributed by atoms with E-state index in [1.807, 2.05) is 24.8 Å². The van der Waals surface area contributed by atoms with Crippen LogP contribution < -0.4 is 10.6 Å². The number of piperazine rings is 2. The van der Waals surface area contributed by atoms with Gasteiger partial charge in [-0.3, -0.25) is 29.7 Å². The molecule has 2 aromatic heterocycles. The van der Waals surface area contributed by atoms with Crippen molar-refractivity contribution in [1.29, 1.82) is 0 Å². The van der Waals surface area contributed by atoms with Gasteiger partial charge in [0.25, 0.3) is 0 Å². The van der Waals surface area contributed by atoms with Gasteiger partial charge in [0.2, 0.25) is 0 Å². The molecule has 2 aromatic carbocycles. The molecule has 9 heteroatoms. The summed E-state index contributed by atoms with van der Waals surface area (Å²) in [6.07, 6.45) is 15.0. The molecule has 4 heterocycles. The lowest BCUT2D eigenvalue weighted by Gasteiger charge is -2.52. The molecule has 2 aliphatic carbocycles. The van der Waals surface area contributed by atoms with Crippen LogP contribution in [0.2, 0.25) is 0 Å². The van der Waals surface area contributed by atoms with Crippen LogP contribution in [0, 0.1) is 0 Å². The zero-order valence-electron chi connectivity index (χ0n) is 27.2. The Hall–Kier alpha value is -3.60. The standard InChI is InChI=1S/C38H46N8O/c1-3-7-31-23-37(33-25-41-9-11-43-33,35(21-29(31)5-1)45-17-13-39-14-18-45)27-47-28-38(34-26-42-10-12-44-34)24-32-8-4-2-6-30(32)22-36(38)46-19-15-40-16-20-46/h1-12,25-26,35-36,39-40H,13-24,27-28H2. The first-order valence-corrected chi connectivity index (χ1v) is 17.4. The van der Waals surface area contributed by atoms with Crippen LogP contribution in [0.5, 0.6) is 0 Å². The molecule has 4 unspecified atom stereocenters. The number of ether oxygens (including phenoxy) is 1. The van der Waals surface area contributed by atoms with Crippen molar-refractivity contribution >= 4 is 0 Å². The first kappa shape index (κ1) is 30.7. The zero-order chi connectivity index (χ0) is 31.5. The third-order valence-electron chi connectivity index (χ3n) is 11.4. The van der Waals surface area contributed by atoms with Crippen LogP contribution in [-0.4, -0.2) is 107 Å². The highest BCUT2D eigenvalue weighted by molar-refractivity contribution is 5.40. The van der Waals surface area contributed by atoms with E-state index in [0.717, 1.165) is 89.4 Å². The average Bonchev–Trinajstić information content (AvgIpc) is 3.15. The second-order valence-electron chi connectivity index (χ2n) is 13.9. The third kappa shape index (κ3) is 5.89. The van der Waals surface area contributed by atoms with E-state index < -0.39 is 0 Å². The van der Waals surface area contributed by atoms with Crippen molar-refractivity contribution in [2.45, 2.75) is 48.6 Å². The number of benzene rings is 2. The summed E-state index contributed by atoms with van der Waals surface area (Å²) in [6, 6.07) is 18.4. The first-order valence-electron chi connectivity index (χ1n) is 17.4. The molecule has 4 aliphatic rings. The molecule has 8 rings (SSSR count). The molecule has 47 heavy (non-hydrogen) atoms. The van der Waals surface area contributed by atoms with E-state index in [2.05, 4.69) is 78.9 Å². The highest BCUT2D eigenvalue weighted by Crippen LogP contribution is 2.44. The maximum atomic E-state index is 7.28. The summed E-state index contributed by atoms with van der Waals surface area (Å²) in [6.45, 7) is 9.17. The average molecular weight is 631 g/mol. The molecule has 0 radical (unpaired) electrons. The van der Waals surface area contributed by atoms with E-state index in [9.17, 15) is 0 Å². The Labute approximate surface area is 278 Å². The van der Waals surface area contributed by atoms with Crippen LogP contribution in [0.25, 0.3) is 0 Å². The van der Waals surface area contributed by atoms with Gasteiger partial charge < -0.3 is 15.4 Å². The van der Waals surface area contributed by atoms with Crippen LogP contribution in [0.1, 0.15) is 33.6 Å². The quantitative estimate of drug-likeness (QED) is 0.305. The summed E-state index contributed by atoms with van der Waals surface area (Å²) < 4.78 is 7.28. The molecule has 2 saturated heterocycles. The fourth-order valence-corrected chi connectivity index (χ4v) is 9.02. The minimum atomic E-state index is -0.347. The van der Waals surface area contributed by atoms with E-state index >= 15 is 0 Å². The lowest BCUT2D eigenvalue weighted by atomic mass is 9.65. The van der Waals surface area contributed by atoms with Crippen LogP contribution in [-0.2, 0) is 41.3 Å². The number of fused-ring (bicyclic) bond motifs is 2. The monoisotopic (exact) mass is 630 g/mol. The fraction of sp³-hybridized carbons (Fsp3) is 0.474. The Morgan fingerprint density at radius 3 is 1.43 bits per heavy atom. The number of rotatable bonds is 8. The van der Waals surface area contributed by atoms with Crippen molar-refractivity contribution < 1.29 is 4.74 Å². The van der Waals surface area contributed by atoms with Crippen LogP contribution >= 0.6 is 0 Å². The van der Waals surface area contributed by atoms with Gasteiger partial charge in [0, 0.05) is 102 Å². The summed E-state index contributed by atoms with van der Waals surface area (Å²) in [4.78, 5) is 24.7. The summed E-state index contributed by atoms with van der Waals surface area (Å²) in [5.41, 5.74) is 7.02. The van der Waals surface area contributed by atoms with Crippen molar-refractivity contribution in [1.82, 2.24) is 40.4 Å². The smallest absolute Gasteiger partial charge is 0.0690 e. The Bertz CT molecular complexity index is 1510. The highest BCUT2D eigenvalue weighted by Gasteiger charge is 2.51. The molecule has 0 spiro atoms. The SMILES string of the molecule is c1ccc2c(c1)CC(N1CCNCC1)C(COCC1(c3cnccn3)Cc3ccccc3CC1N1CCNCC1)(c1cnccn1)C2. The molecule has 2 N–H and O–H groups in total.